The molecule has 0 unspecified atom stereocenters. The standard InChI is InChI=1S/C22H19ClN2O2/c1-2-27-22(26)20-19-12-11-16(13-15-7-4-3-5-8-15)21(19)25(24-20)18-10-6-9-17(23)14-18/h3-10,13-14H,2,11-12H2,1H3/b16-13+. The Balaban J connectivity index is 1.88. The van der Waals surface area contributed by atoms with Crippen molar-refractivity contribution in [3.05, 3.63) is 82.1 Å². The predicted molar refractivity (Wildman–Crippen MR) is 107 cm³/mol. The van der Waals surface area contributed by atoms with E-state index >= 15 is 0 Å². The number of esters is 1. The molecular weight excluding hydrogens is 360 g/mol. The number of hydrogen-bond donors (Lipinski definition) is 0. The van der Waals surface area contributed by atoms with Crippen LogP contribution in [0.5, 0.6) is 0 Å². The molecule has 1 heterocycles. The van der Waals surface area contributed by atoms with E-state index in [0.29, 0.717) is 17.3 Å². The van der Waals surface area contributed by atoms with Gasteiger partial charge in [0.15, 0.2) is 5.69 Å². The molecule has 0 radical (unpaired) electrons. The van der Waals surface area contributed by atoms with E-state index in [1.165, 1.54) is 0 Å². The Morgan fingerprint density at radius 3 is 2.74 bits per heavy atom. The van der Waals surface area contributed by atoms with Crippen molar-refractivity contribution in [2.45, 2.75) is 19.8 Å². The molecule has 0 aliphatic heterocycles. The third kappa shape index (κ3) is 3.40. The minimum atomic E-state index is -0.379. The van der Waals surface area contributed by atoms with E-state index in [1.54, 1.807) is 6.92 Å². The monoisotopic (exact) mass is 378 g/mol. The Kier molecular flexibility index (Phi) is 4.82. The fourth-order valence-electron chi connectivity index (χ4n) is 3.44. The molecule has 4 rings (SSSR count). The molecule has 0 bridgehead atoms. The Morgan fingerprint density at radius 1 is 1.19 bits per heavy atom. The van der Waals surface area contributed by atoms with Gasteiger partial charge >= 0.3 is 5.97 Å². The van der Waals surface area contributed by atoms with Crippen LogP contribution in [0.25, 0.3) is 17.3 Å². The first-order valence-electron chi connectivity index (χ1n) is 8.98. The second-order valence-electron chi connectivity index (χ2n) is 6.37. The summed E-state index contributed by atoms with van der Waals surface area (Å²) < 4.78 is 7.03. The lowest BCUT2D eigenvalue weighted by molar-refractivity contribution is 0.0517. The van der Waals surface area contributed by atoms with Gasteiger partial charge in [0, 0.05) is 10.6 Å². The van der Waals surface area contributed by atoms with Gasteiger partial charge in [-0.25, -0.2) is 9.48 Å². The van der Waals surface area contributed by atoms with Crippen LogP contribution in [0.15, 0.2) is 54.6 Å². The van der Waals surface area contributed by atoms with E-state index in [0.717, 1.165) is 40.9 Å². The van der Waals surface area contributed by atoms with Crippen LogP contribution in [0.1, 0.15) is 40.7 Å². The SMILES string of the molecule is CCOC(=O)c1nn(-c2cccc(Cl)c2)c2c1CC/C2=C\c1ccccc1. The topological polar surface area (TPSA) is 44.1 Å². The first-order chi connectivity index (χ1) is 13.2. The van der Waals surface area contributed by atoms with Crippen molar-refractivity contribution in [3.8, 4) is 5.69 Å². The van der Waals surface area contributed by atoms with Crippen molar-refractivity contribution >= 4 is 29.2 Å². The number of fused-ring (bicyclic) bond motifs is 1. The minimum absolute atomic E-state index is 0.324. The zero-order valence-corrected chi connectivity index (χ0v) is 15.7. The average molecular weight is 379 g/mol. The quantitative estimate of drug-likeness (QED) is 0.587. The van der Waals surface area contributed by atoms with Gasteiger partial charge in [0.2, 0.25) is 0 Å². The van der Waals surface area contributed by atoms with E-state index in [-0.39, 0.29) is 5.97 Å². The first kappa shape index (κ1) is 17.6. The molecule has 0 saturated heterocycles. The largest absolute Gasteiger partial charge is 0.461 e. The average Bonchev–Trinajstić information content (AvgIpc) is 3.24. The molecular formula is C22H19ClN2O2. The molecule has 2 aromatic carbocycles. The van der Waals surface area contributed by atoms with E-state index in [4.69, 9.17) is 16.3 Å². The van der Waals surface area contributed by atoms with E-state index in [2.05, 4.69) is 23.3 Å². The lowest BCUT2D eigenvalue weighted by Gasteiger charge is -2.08. The number of rotatable bonds is 4. The first-order valence-corrected chi connectivity index (χ1v) is 9.36. The van der Waals surface area contributed by atoms with E-state index < -0.39 is 0 Å². The molecule has 0 spiro atoms. The number of carbonyl (C=O) groups excluding carboxylic acids is 1. The van der Waals surface area contributed by atoms with Gasteiger partial charge in [-0.2, -0.15) is 5.10 Å². The Hall–Kier alpha value is -2.85. The van der Waals surface area contributed by atoms with Gasteiger partial charge < -0.3 is 4.74 Å². The Labute approximate surface area is 163 Å². The highest BCUT2D eigenvalue weighted by molar-refractivity contribution is 6.30. The summed E-state index contributed by atoms with van der Waals surface area (Å²) in [7, 11) is 0. The maximum atomic E-state index is 12.4. The van der Waals surface area contributed by atoms with Crippen molar-refractivity contribution in [3.63, 3.8) is 0 Å². The zero-order chi connectivity index (χ0) is 18.8. The number of benzene rings is 2. The molecule has 3 aromatic rings. The molecule has 0 saturated carbocycles. The van der Waals surface area contributed by atoms with Crippen LogP contribution in [0.3, 0.4) is 0 Å². The lowest BCUT2D eigenvalue weighted by Crippen LogP contribution is -2.09. The molecule has 4 nitrogen and oxygen atoms in total. The predicted octanol–water partition coefficient (Wildman–Crippen LogP) is 5.19. The van der Waals surface area contributed by atoms with Crippen molar-refractivity contribution < 1.29 is 9.53 Å². The normalized spacial score (nSPS) is 14.4. The summed E-state index contributed by atoms with van der Waals surface area (Å²) in [6.07, 6.45) is 3.78. The Bertz CT molecular complexity index is 1020. The van der Waals surface area contributed by atoms with Crippen LogP contribution in [0.2, 0.25) is 5.02 Å². The zero-order valence-electron chi connectivity index (χ0n) is 15.0. The number of aromatic nitrogens is 2. The summed E-state index contributed by atoms with van der Waals surface area (Å²) in [4.78, 5) is 12.4. The number of nitrogens with zero attached hydrogens (tertiary/aromatic N) is 2. The summed E-state index contributed by atoms with van der Waals surface area (Å²) in [5, 5.41) is 5.22. The highest BCUT2D eigenvalue weighted by atomic mass is 35.5. The molecule has 0 amide bonds. The highest BCUT2D eigenvalue weighted by Gasteiger charge is 2.30. The summed E-state index contributed by atoms with van der Waals surface area (Å²) in [5.74, 6) is -0.379. The van der Waals surface area contributed by atoms with Gasteiger partial charge in [-0.3, -0.25) is 0 Å². The molecule has 136 valence electrons. The molecule has 1 aliphatic rings. The van der Waals surface area contributed by atoms with Crippen molar-refractivity contribution in [2.24, 2.45) is 0 Å². The van der Waals surface area contributed by atoms with E-state index in [1.807, 2.05) is 47.1 Å². The highest BCUT2D eigenvalue weighted by Crippen LogP contribution is 2.37. The van der Waals surface area contributed by atoms with Crippen LogP contribution >= 0.6 is 11.6 Å². The van der Waals surface area contributed by atoms with Gasteiger partial charge in [0.1, 0.15) is 0 Å². The van der Waals surface area contributed by atoms with Crippen LogP contribution in [-0.4, -0.2) is 22.4 Å². The van der Waals surface area contributed by atoms with Crippen LogP contribution in [0, 0.1) is 0 Å². The fraction of sp³-hybridized carbons (Fsp3) is 0.182. The maximum absolute atomic E-state index is 12.4. The molecule has 0 fully saturated rings. The molecule has 27 heavy (non-hydrogen) atoms. The van der Waals surface area contributed by atoms with Crippen molar-refractivity contribution in [1.82, 2.24) is 9.78 Å². The van der Waals surface area contributed by atoms with Crippen LogP contribution in [-0.2, 0) is 11.2 Å². The summed E-state index contributed by atoms with van der Waals surface area (Å²) in [6.45, 7) is 2.12. The van der Waals surface area contributed by atoms with Crippen LogP contribution in [0.4, 0.5) is 0 Å². The number of ether oxygens (including phenoxy) is 1. The molecule has 0 N–H and O–H groups in total. The van der Waals surface area contributed by atoms with Crippen molar-refractivity contribution in [1.29, 1.82) is 0 Å². The smallest absolute Gasteiger partial charge is 0.359 e. The second kappa shape index (κ2) is 7.41. The van der Waals surface area contributed by atoms with Crippen LogP contribution < -0.4 is 0 Å². The van der Waals surface area contributed by atoms with Crippen molar-refractivity contribution in [2.75, 3.05) is 6.61 Å². The lowest BCUT2D eigenvalue weighted by atomic mass is 10.1. The van der Waals surface area contributed by atoms with Gasteiger partial charge in [-0.1, -0.05) is 48.0 Å². The van der Waals surface area contributed by atoms with Gasteiger partial charge in [0.25, 0.3) is 0 Å². The van der Waals surface area contributed by atoms with Gasteiger partial charge in [-0.05, 0) is 55.2 Å². The van der Waals surface area contributed by atoms with Gasteiger partial charge in [0.05, 0.1) is 18.0 Å². The summed E-state index contributed by atoms with van der Waals surface area (Å²) in [6, 6.07) is 17.6. The van der Waals surface area contributed by atoms with E-state index in [9.17, 15) is 4.79 Å². The molecule has 1 aromatic heterocycles. The number of halogens is 1. The number of carbonyl (C=O) groups is 1. The number of hydrogen-bond acceptors (Lipinski definition) is 3. The molecule has 0 atom stereocenters. The minimum Gasteiger partial charge on any atom is -0.461 e. The maximum Gasteiger partial charge on any atom is 0.359 e. The Morgan fingerprint density at radius 2 is 2.00 bits per heavy atom. The molecule has 1 aliphatic carbocycles. The summed E-state index contributed by atoms with van der Waals surface area (Å²) >= 11 is 6.18. The third-order valence-electron chi connectivity index (χ3n) is 4.59. The second-order valence-corrected chi connectivity index (χ2v) is 6.80. The van der Waals surface area contributed by atoms with Gasteiger partial charge in [-0.15, -0.1) is 0 Å². The number of allylic oxidation sites excluding steroid dienone is 1. The molecule has 5 heteroatoms. The third-order valence-corrected chi connectivity index (χ3v) is 4.83. The fourth-order valence-corrected chi connectivity index (χ4v) is 3.63. The summed E-state index contributed by atoms with van der Waals surface area (Å²) in [5.41, 5.74) is 5.40.